The van der Waals surface area contributed by atoms with E-state index in [1.165, 1.54) is 12.1 Å². The Morgan fingerprint density at radius 3 is 2.29 bits per heavy atom. The third-order valence-corrected chi connectivity index (χ3v) is 3.10. The van der Waals surface area contributed by atoms with Gasteiger partial charge in [-0.3, -0.25) is 4.98 Å². The molecule has 0 saturated heterocycles. The first-order chi connectivity index (χ1) is 10.0. The Labute approximate surface area is 119 Å². The summed E-state index contributed by atoms with van der Waals surface area (Å²) in [7, 11) is 0. The second kappa shape index (κ2) is 5.09. The Morgan fingerprint density at radius 2 is 1.57 bits per heavy atom. The summed E-state index contributed by atoms with van der Waals surface area (Å²) >= 11 is 0. The first kappa shape index (κ1) is 13.4. The normalized spacial score (nSPS) is 11.6. The van der Waals surface area contributed by atoms with Crippen molar-refractivity contribution in [3.8, 4) is 0 Å². The zero-order valence-corrected chi connectivity index (χ0v) is 10.9. The smallest absolute Gasteiger partial charge is 0.356 e. The molecule has 0 radical (unpaired) electrons. The van der Waals surface area contributed by atoms with Crippen molar-refractivity contribution < 1.29 is 13.2 Å². The van der Waals surface area contributed by atoms with Gasteiger partial charge in [0.05, 0.1) is 11.1 Å². The van der Waals surface area contributed by atoms with Crippen LogP contribution in [-0.2, 0) is 6.18 Å². The topological polar surface area (TPSA) is 24.9 Å². The lowest BCUT2D eigenvalue weighted by Crippen LogP contribution is -2.04. The number of hydrogen-bond acceptors (Lipinski definition) is 2. The van der Waals surface area contributed by atoms with E-state index < -0.39 is 11.7 Å². The first-order valence-electron chi connectivity index (χ1n) is 6.31. The van der Waals surface area contributed by atoms with Crippen molar-refractivity contribution in [3.63, 3.8) is 0 Å². The number of alkyl halides is 3. The van der Waals surface area contributed by atoms with Crippen molar-refractivity contribution in [1.82, 2.24) is 4.98 Å². The van der Waals surface area contributed by atoms with Crippen molar-refractivity contribution in [3.05, 3.63) is 66.4 Å². The largest absolute Gasteiger partial charge is 0.416 e. The molecule has 1 heterocycles. The summed E-state index contributed by atoms with van der Waals surface area (Å²) in [6.45, 7) is 0. The number of aromatic nitrogens is 1. The van der Waals surface area contributed by atoms with Crippen LogP contribution in [0.25, 0.3) is 10.9 Å². The Kier molecular flexibility index (Phi) is 3.25. The molecular formula is C16H11F3N2. The third-order valence-electron chi connectivity index (χ3n) is 3.10. The Balaban J connectivity index is 1.84. The van der Waals surface area contributed by atoms with E-state index in [1.54, 1.807) is 6.20 Å². The Bertz CT molecular complexity index is 764. The number of anilines is 2. The van der Waals surface area contributed by atoms with Gasteiger partial charge >= 0.3 is 6.18 Å². The predicted octanol–water partition coefficient (Wildman–Crippen LogP) is 5.00. The molecule has 0 bridgehead atoms. The van der Waals surface area contributed by atoms with Crippen LogP contribution in [0, 0.1) is 0 Å². The highest BCUT2D eigenvalue weighted by Gasteiger charge is 2.29. The molecule has 3 aromatic rings. The molecule has 1 N–H and O–H groups in total. The van der Waals surface area contributed by atoms with Crippen LogP contribution in [0.5, 0.6) is 0 Å². The minimum atomic E-state index is -4.31. The highest BCUT2D eigenvalue weighted by molar-refractivity contribution is 5.83. The molecule has 1 aromatic heterocycles. The van der Waals surface area contributed by atoms with Crippen LogP contribution in [-0.4, -0.2) is 4.98 Å². The lowest BCUT2D eigenvalue weighted by molar-refractivity contribution is -0.137. The van der Waals surface area contributed by atoms with Crippen LogP contribution in [0.4, 0.5) is 24.5 Å². The number of rotatable bonds is 2. The van der Waals surface area contributed by atoms with E-state index in [9.17, 15) is 13.2 Å². The van der Waals surface area contributed by atoms with Crippen molar-refractivity contribution in [1.29, 1.82) is 0 Å². The van der Waals surface area contributed by atoms with Crippen LogP contribution < -0.4 is 5.32 Å². The summed E-state index contributed by atoms with van der Waals surface area (Å²) in [5.74, 6) is 0. The lowest BCUT2D eigenvalue weighted by atomic mass is 10.1. The number of fused-ring (bicyclic) bond motifs is 1. The number of hydrogen-bond donors (Lipinski definition) is 1. The Hall–Kier alpha value is -2.56. The van der Waals surface area contributed by atoms with E-state index in [-0.39, 0.29) is 0 Å². The van der Waals surface area contributed by atoms with Gasteiger partial charge in [0.15, 0.2) is 0 Å². The molecule has 0 amide bonds. The van der Waals surface area contributed by atoms with Gasteiger partial charge in [0, 0.05) is 23.0 Å². The first-order valence-corrected chi connectivity index (χ1v) is 6.31. The van der Waals surface area contributed by atoms with Crippen molar-refractivity contribution in [2.24, 2.45) is 0 Å². The summed E-state index contributed by atoms with van der Waals surface area (Å²) in [6, 6.07) is 14.3. The molecule has 0 aliphatic rings. The second-order valence-electron chi connectivity index (χ2n) is 4.61. The zero-order chi connectivity index (χ0) is 14.9. The molecule has 3 rings (SSSR count). The minimum Gasteiger partial charge on any atom is -0.356 e. The molecule has 0 aliphatic heterocycles. The molecule has 5 heteroatoms. The Morgan fingerprint density at radius 1 is 0.857 bits per heavy atom. The average Bonchev–Trinajstić information content (AvgIpc) is 2.47. The van der Waals surface area contributed by atoms with E-state index >= 15 is 0 Å². The number of halogens is 3. The molecular weight excluding hydrogens is 277 g/mol. The standard InChI is InChI=1S/C16H11F3N2/c17-16(18,19)12-3-5-13(6-4-12)21-14-7-8-15-11(10-14)2-1-9-20-15/h1-10,21H. The van der Waals surface area contributed by atoms with Gasteiger partial charge < -0.3 is 5.32 Å². The number of benzene rings is 2. The fourth-order valence-electron chi connectivity index (χ4n) is 2.06. The summed E-state index contributed by atoms with van der Waals surface area (Å²) in [5.41, 5.74) is 1.62. The molecule has 0 unspecified atom stereocenters. The van der Waals surface area contributed by atoms with E-state index in [0.717, 1.165) is 28.7 Å². The number of nitrogens with zero attached hydrogens (tertiary/aromatic N) is 1. The highest BCUT2D eigenvalue weighted by atomic mass is 19.4. The van der Waals surface area contributed by atoms with Gasteiger partial charge in [-0.05, 0) is 48.5 Å². The van der Waals surface area contributed by atoms with E-state index in [1.807, 2.05) is 30.3 Å². The van der Waals surface area contributed by atoms with E-state index in [2.05, 4.69) is 10.3 Å². The molecule has 21 heavy (non-hydrogen) atoms. The number of nitrogens with one attached hydrogen (secondary N) is 1. The summed E-state index contributed by atoms with van der Waals surface area (Å²) < 4.78 is 37.5. The van der Waals surface area contributed by atoms with Crippen LogP contribution in [0.2, 0.25) is 0 Å². The SMILES string of the molecule is FC(F)(F)c1ccc(Nc2ccc3ncccc3c2)cc1. The monoisotopic (exact) mass is 288 g/mol. The summed E-state index contributed by atoms with van der Waals surface area (Å²) in [6.07, 6.45) is -2.60. The lowest BCUT2D eigenvalue weighted by Gasteiger charge is -2.10. The molecule has 106 valence electrons. The van der Waals surface area contributed by atoms with Crippen molar-refractivity contribution >= 4 is 22.3 Å². The van der Waals surface area contributed by atoms with Crippen LogP contribution >= 0.6 is 0 Å². The van der Waals surface area contributed by atoms with Gasteiger partial charge in [0.2, 0.25) is 0 Å². The van der Waals surface area contributed by atoms with Crippen molar-refractivity contribution in [2.75, 3.05) is 5.32 Å². The fraction of sp³-hybridized carbons (Fsp3) is 0.0625. The maximum atomic E-state index is 12.5. The van der Waals surface area contributed by atoms with E-state index in [0.29, 0.717) is 5.69 Å². The van der Waals surface area contributed by atoms with E-state index in [4.69, 9.17) is 0 Å². The van der Waals surface area contributed by atoms with Crippen LogP contribution in [0.3, 0.4) is 0 Å². The highest BCUT2D eigenvalue weighted by Crippen LogP contribution is 2.30. The minimum absolute atomic E-state index is 0.603. The zero-order valence-electron chi connectivity index (χ0n) is 10.9. The van der Waals surface area contributed by atoms with Gasteiger partial charge in [-0.25, -0.2) is 0 Å². The summed E-state index contributed by atoms with van der Waals surface area (Å²) in [5, 5.41) is 4.05. The maximum Gasteiger partial charge on any atom is 0.416 e. The van der Waals surface area contributed by atoms with Gasteiger partial charge in [0.25, 0.3) is 0 Å². The van der Waals surface area contributed by atoms with Gasteiger partial charge in [-0.15, -0.1) is 0 Å². The molecule has 0 atom stereocenters. The predicted molar refractivity (Wildman–Crippen MR) is 76.5 cm³/mol. The quantitative estimate of drug-likeness (QED) is 0.718. The van der Waals surface area contributed by atoms with Crippen LogP contribution in [0.15, 0.2) is 60.8 Å². The number of pyridine rings is 1. The van der Waals surface area contributed by atoms with Crippen LogP contribution in [0.1, 0.15) is 5.56 Å². The molecule has 2 aromatic carbocycles. The molecule has 0 spiro atoms. The second-order valence-corrected chi connectivity index (χ2v) is 4.61. The molecule has 0 saturated carbocycles. The average molecular weight is 288 g/mol. The molecule has 0 aliphatic carbocycles. The third kappa shape index (κ3) is 2.97. The van der Waals surface area contributed by atoms with Crippen molar-refractivity contribution in [2.45, 2.75) is 6.18 Å². The molecule has 0 fully saturated rings. The maximum absolute atomic E-state index is 12.5. The molecule has 2 nitrogen and oxygen atoms in total. The van der Waals surface area contributed by atoms with Gasteiger partial charge in [0.1, 0.15) is 0 Å². The summed E-state index contributed by atoms with van der Waals surface area (Å²) in [4.78, 5) is 4.22. The van der Waals surface area contributed by atoms with Gasteiger partial charge in [-0.1, -0.05) is 6.07 Å². The van der Waals surface area contributed by atoms with Gasteiger partial charge in [-0.2, -0.15) is 13.2 Å². The fourth-order valence-corrected chi connectivity index (χ4v) is 2.06.